The average molecular weight is 436 g/mol. The second kappa shape index (κ2) is 10.5. The van der Waals surface area contributed by atoms with Gasteiger partial charge in [-0.05, 0) is 42.3 Å². The summed E-state index contributed by atoms with van der Waals surface area (Å²) in [5.41, 5.74) is 0.910. The number of methoxy groups -OCH3 is 2. The first-order valence-electron chi connectivity index (χ1n) is 9.09. The molecule has 0 saturated heterocycles. The van der Waals surface area contributed by atoms with Gasteiger partial charge in [0, 0.05) is 6.07 Å². The molecule has 0 unspecified atom stereocenters. The van der Waals surface area contributed by atoms with Crippen LogP contribution in [0.5, 0.6) is 5.75 Å². The summed E-state index contributed by atoms with van der Waals surface area (Å²) < 4.78 is 36.3. The van der Waals surface area contributed by atoms with Crippen molar-refractivity contribution in [1.29, 1.82) is 0 Å². The van der Waals surface area contributed by atoms with Crippen molar-refractivity contribution in [2.75, 3.05) is 14.2 Å². The number of rotatable bonds is 9. The second-order valence-corrected chi connectivity index (χ2v) is 6.72. The molecule has 0 fully saturated rings. The van der Waals surface area contributed by atoms with E-state index in [9.17, 15) is 23.2 Å². The van der Waals surface area contributed by atoms with Crippen LogP contribution in [-0.2, 0) is 36.8 Å². The summed E-state index contributed by atoms with van der Waals surface area (Å²) in [6.07, 6.45) is -0.571. The maximum atomic E-state index is 13.3. The Kier molecular flexibility index (Phi) is 8.03. The van der Waals surface area contributed by atoms with Gasteiger partial charge in [-0.15, -0.1) is 5.48 Å². The van der Waals surface area contributed by atoms with Crippen LogP contribution >= 0.6 is 0 Å². The molecule has 31 heavy (non-hydrogen) atoms. The molecule has 1 atom stereocenters. The first-order chi connectivity index (χ1) is 14.6. The molecule has 2 aromatic carbocycles. The van der Waals surface area contributed by atoms with E-state index in [2.05, 4.69) is 15.5 Å². The molecule has 10 heteroatoms. The van der Waals surface area contributed by atoms with Crippen LogP contribution < -0.4 is 15.5 Å². The number of benzene rings is 2. The largest absolute Gasteiger partial charge is 0.497 e. The smallest absolute Gasteiger partial charge is 0.349 e. The highest BCUT2D eigenvalue weighted by Gasteiger charge is 2.38. The van der Waals surface area contributed by atoms with Gasteiger partial charge in [-0.1, -0.05) is 12.1 Å². The van der Waals surface area contributed by atoms with E-state index in [0.29, 0.717) is 17.4 Å². The van der Waals surface area contributed by atoms with E-state index in [1.165, 1.54) is 14.0 Å². The first kappa shape index (κ1) is 23.7. The highest BCUT2D eigenvalue weighted by atomic mass is 19.1. The number of halogens is 2. The number of ether oxygens (including phenoxy) is 2. The highest BCUT2D eigenvalue weighted by Crippen LogP contribution is 2.14. The van der Waals surface area contributed by atoms with E-state index in [1.54, 1.807) is 24.3 Å². The quantitative estimate of drug-likeness (QED) is 0.351. The Morgan fingerprint density at radius 1 is 0.968 bits per heavy atom. The van der Waals surface area contributed by atoms with Crippen LogP contribution in [0.3, 0.4) is 0 Å². The van der Waals surface area contributed by atoms with E-state index in [-0.39, 0.29) is 12.0 Å². The molecule has 2 rings (SSSR count). The normalized spacial score (nSPS) is 12.4. The third-order valence-electron chi connectivity index (χ3n) is 4.12. The maximum absolute atomic E-state index is 13.3. The second-order valence-electron chi connectivity index (χ2n) is 6.72. The molecule has 0 aromatic heterocycles. The van der Waals surface area contributed by atoms with Gasteiger partial charge in [0.2, 0.25) is 11.6 Å². The predicted octanol–water partition coefficient (Wildman–Crippen LogP) is 1.81. The topological polar surface area (TPSA) is 103 Å². The van der Waals surface area contributed by atoms with Crippen LogP contribution in [0, 0.1) is 11.6 Å². The monoisotopic (exact) mass is 436 g/mol. The van der Waals surface area contributed by atoms with Gasteiger partial charge < -0.3 is 19.6 Å². The third kappa shape index (κ3) is 7.03. The summed E-state index contributed by atoms with van der Waals surface area (Å²) in [5, 5.41) is 2.30. The molecule has 0 heterocycles. The lowest BCUT2D eigenvalue weighted by Gasteiger charge is -2.28. The zero-order valence-corrected chi connectivity index (χ0v) is 17.2. The fourth-order valence-electron chi connectivity index (χ4n) is 2.69. The van der Waals surface area contributed by atoms with Crippen LogP contribution in [0.2, 0.25) is 0 Å². The summed E-state index contributed by atoms with van der Waals surface area (Å²) in [4.78, 5) is 41.6. The molecule has 0 aliphatic rings. The van der Waals surface area contributed by atoms with Gasteiger partial charge in [-0.2, -0.15) is 0 Å². The molecular formula is C21H22F2N2O6. The van der Waals surface area contributed by atoms with Gasteiger partial charge in [0.05, 0.1) is 27.1 Å². The molecule has 8 nitrogen and oxygen atoms in total. The number of amides is 1. The van der Waals surface area contributed by atoms with Gasteiger partial charge in [0.15, 0.2) is 0 Å². The Balaban J connectivity index is 2.02. The van der Waals surface area contributed by atoms with E-state index in [0.717, 1.165) is 19.2 Å². The molecule has 2 N–H and O–H groups in total. The Morgan fingerprint density at radius 3 is 2.26 bits per heavy atom. The summed E-state index contributed by atoms with van der Waals surface area (Å²) in [6, 6.07) is 9.37. The van der Waals surface area contributed by atoms with Gasteiger partial charge in [0.1, 0.15) is 17.4 Å². The molecule has 2 aromatic rings. The predicted molar refractivity (Wildman–Crippen MR) is 105 cm³/mol. The number of carbonyl (C=O) groups excluding carboxylic acids is 3. The van der Waals surface area contributed by atoms with Crippen molar-refractivity contribution in [2.24, 2.45) is 0 Å². The van der Waals surface area contributed by atoms with Crippen molar-refractivity contribution in [1.82, 2.24) is 10.8 Å². The molecule has 0 aliphatic heterocycles. The van der Waals surface area contributed by atoms with Crippen molar-refractivity contribution in [3.63, 3.8) is 0 Å². The number of nitrogens with one attached hydrogen (secondary N) is 2. The van der Waals surface area contributed by atoms with Crippen LogP contribution in [-0.4, -0.2) is 37.7 Å². The van der Waals surface area contributed by atoms with Crippen molar-refractivity contribution < 1.29 is 37.5 Å². The number of hydroxylamine groups is 1. The zero-order chi connectivity index (χ0) is 23.0. The average Bonchev–Trinajstić information content (AvgIpc) is 2.70. The van der Waals surface area contributed by atoms with Gasteiger partial charge in [-0.25, -0.2) is 13.6 Å². The number of carbonyl (C=O) groups is 3. The summed E-state index contributed by atoms with van der Waals surface area (Å²) in [5.74, 6) is -3.61. The van der Waals surface area contributed by atoms with Crippen LogP contribution in [0.4, 0.5) is 8.78 Å². The van der Waals surface area contributed by atoms with Crippen molar-refractivity contribution in [3.05, 3.63) is 65.2 Å². The molecule has 0 radical (unpaired) electrons. The van der Waals surface area contributed by atoms with Crippen LogP contribution in [0.25, 0.3) is 0 Å². The van der Waals surface area contributed by atoms with Gasteiger partial charge >= 0.3 is 11.9 Å². The molecular weight excluding hydrogens is 414 g/mol. The number of hydrogen-bond donors (Lipinski definition) is 2. The lowest BCUT2D eigenvalue weighted by Crippen LogP contribution is -2.63. The van der Waals surface area contributed by atoms with Gasteiger partial charge in [0.25, 0.3) is 0 Å². The third-order valence-corrected chi connectivity index (χ3v) is 4.12. The fourth-order valence-corrected chi connectivity index (χ4v) is 2.69. The highest BCUT2D eigenvalue weighted by molar-refractivity contribution is 5.88. The van der Waals surface area contributed by atoms with Crippen molar-refractivity contribution >= 4 is 17.8 Å². The van der Waals surface area contributed by atoms with E-state index >= 15 is 0 Å². The van der Waals surface area contributed by atoms with Crippen LogP contribution in [0.1, 0.15) is 18.1 Å². The SMILES string of the molecule is COC(=O)[C@](C)(NOC(=O)Cc1cccc(OC)c1)NC(=O)Cc1cc(F)cc(F)c1. The zero-order valence-electron chi connectivity index (χ0n) is 17.2. The lowest BCUT2D eigenvalue weighted by molar-refractivity contribution is -0.169. The molecule has 0 spiro atoms. The fraction of sp³-hybridized carbons (Fsp3) is 0.286. The Labute approximate surface area is 177 Å². The van der Waals surface area contributed by atoms with E-state index < -0.39 is 41.6 Å². The minimum atomic E-state index is -1.94. The Hall–Kier alpha value is -3.53. The van der Waals surface area contributed by atoms with Gasteiger partial charge in [-0.3, -0.25) is 9.59 Å². The molecule has 0 saturated carbocycles. The molecule has 1 amide bonds. The van der Waals surface area contributed by atoms with Crippen LogP contribution in [0.15, 0.2) is 42.5 Å². The Morgan fingerprint density at radius 2 is 1.65 bits per heavy atom. The van der Waals surface area contributed by atoms with E-state index in [1.807, 2.05) is 0 Å². The standard InChI is InChI=1S/C21H22F2N2O6/c1-21(20(28)30-3,24-18(26)10-14-7-15(22)12-16(23)8-14)25-31-19(27)11-13-5-4-6-17(9-13)29-2/h4-9,12,25H,10-11H2,1-3H3,(H,24,26)/t21-/m0/s1. The maximum Gasteiger partial charge on any atom is 0.349 e. The number of esters is 1. The van der Waals surface area contributed by atoms with Crippen molar-refractivity contribution in [2.45, 2.75) is 25.4 Å². The minimum Gasteiger partial charge on any atom is -0.497 e. The molecule has 166 valence electrons. The molecule has 0 aliphatic carbocycles. The summed E-state index contributed by atoms with van der Waals surface area (Å²) >= 11 is 0. The minimum absolute atomic E-state index is 0.0530. The Bertz CT molecular complexity index is 948. The van der Waals surface area contributed by atoms with E-state index in [4.69, 9.17) is 9.57 Å². The van der Waals surface area contributed by atoms with Crippen molar-refractivity contribution in [3.8, 4) is 5.75 Å². The number of hydrogen-bond acceptors (Lipinski definition) is 7. The molecule has 0 bridgehead atoms. The lowest BCUT2D eigenvalue weighted by atomic mass is 10.1. The summed E-state index contributed by atoms with van der Waals surface area (Å²) in [7, 11) is 2.57. The summed E-state index contributed by atoms with van der Waals surface area (Å²) in [6.45, 7) is 1.21. The first-order valence-corrected chi connectivity index (χ1v) is 9.09.